The van der Waals surface area contributed by atoms with Crippen LogP contribution in [0.25, 0.3) is 11.0 Å². The summed E-state index contributed by atoms with van der Waals surface area (Å²) in [6.07, 6.45) is 0. The summed E-state index contributed by atoms with van der Waals surface area (Å²) < 4.78 is 28.5. The van der Waals surface area contributed by atoms with Crippen LogP contribution in [-0.2, 0) is 13.6 Å². The fourth-order valence-corrected chi connectivity index (χ4v) is 4.30. The quantitative estimate of drug-likeness (QED) is 0.561. The zero-order chi connectivity index (χ0) is 23.2. The molecule has 1 aromatic carbocycles. The third kappa shape index (κ3) is 3.92. The molecule has 0 aliphatic carbocycles. The van der Waals surface area contributed by atoms with Gasteiger partial charge in [0.05, 0.1) is 5.52 Å². The summed E-state index contributed by atoms with van der Waals surface area (Å²) in [4.78, 5) is 25.3. The molecule has 4 rings (SSSR count). The van der Waals surface area contributed by atoms with E-state index in [9.17, 15) is 18.8 Å². The summed E-state index contributed by atoms with van der Waals surface area (Å²) in [5.74, 6) is -1.47. The van der Waals surface area contributed by atoms with Crippen molar-refractivity contribution in [1.82, 2.24) is 19.4 Å². The van der Waals surface area contributed by atoms with Gasteiger partial charge in [0.25, 0.3) is 0 Å². The average molecular weight is 459 g/mol. The number of halogens is 3. The van der Waals surface area contributed by atoms with Gasteiger partial charge in [0.2, 0.25) is 0 Å². The summed E-state index contributed by atoms with van der Waals surface area (Å²) in [7, 11) is 1.62. The monoisotopic (exact) mass is 458 g/mol. The number of hydrogen-bond acceptors (Lipinski definition) is 6. The fourth-order valence-electron chi connectivity index (χ4n) is 4.09. The molecule has 3 heterocycles. The Kier molecular flexibility index (Phi) is 5.84. The Morgan fingerprint density at radius 1 is 1.16 bits per heavy atom. The van der Waals surface area contributed by atoms with Crippen molar-refractivity contribution >= 4 is 28.5 Å². The number of hydrogen-bond donors (Lipinski definition) is 0. The van der Waals surface area contributed by atoms with E-state index in [0.29, 0.717) is 42.0 Å². The third-order valence-electron chi connectivity index (χ3n) is 5.90. The molecular weight excluding hydrogens is 438 g/mol. The van der Waals surface area contributed by atoms with E-state index in [2.05, 4.69) is 14.9 Å². The summed E-state index contributed by atoms with van der Waals surface area (Å²) in [6.45, 7) is 5.45. The Balaban J connectivity index is 1.67. The summed E-state index contributed by atoms with van der Waals surface area (Å²) in [5.41, 5.74) is 1.43. The van der Waals surface area contributed by atoms with Gasteiger partial charge in [-0.05, 0) is 43.7 Å². The van der Waals surface area contributed by atoms with Crippen LogP contribution < -0.4 is 10.6 Å². The second-order valence-electron chi connectivity index (χ2n) is 8.09. The van der Waals surface area contributed by atoms with E-state index < -0.39 is 17.3 Å². The van der Waals surface area contributed by atoms with E-state index in [1.54, 1.807) is 19.2 Å². The SMILES string of the molecule is C[C@@H]1CN(c2nc(=O)n(C)c3ccc(C#N)nc23)[C@@H](C)CN1Cc1cc(F)c(F)cc1Cl. The Morgan fingerprint density at radius 2 is 1.88 bits per heavy atom. The van der Waals surface area contributed by atoms with Gasteiger partial charge in [0, 0.05) is 43.8 Å². The zero-order valence-corrected chi connectivity index (χ0v) is 18.6. The van der Waals surface area contributed by atoms with E-state index in [1.807, 2.05) is 24.8 Å². The zero-order valence-electron chi connectivity index (χ0n) is 17.8. The lowest BCUT2D eigenvalue weighted by Gasteiger charge is -2.45. The molecule has 2 atom stereocenters. The normalized spacial score (nSPS) is 19.3. The van der Waals surface area contributed by atoms with E-state index in [0.717, 1.165) is 12.1 Å². The molecule has 1 aliphatic rings. The van der Waals surface area contributed by atoms with Crippen molar-refractivity contribution in [3.8, 4) is 6.07 Å². The Morgan fingerprint density at radius 3 is 2.59 bits per heavy atom. The smallest absolute Gasteiger partial charge is 0.349 e. The van der Waals surface area contributed by atoms with Crippen LogP contribution >= 0.6 is 11.6 Å². The number of fused-ring (bicyclic) bond motifs is 1. The topological polar surface area (TPSA) is 78.0 Å². The predicted octanol–water partition coefficient (Wildman–Crippen LogP) is 3.23. The van der Waals surface area contributed by atoms with Gasteiger partial charge in [-0.25, -0.2) is 18.6 Å². The van der Waals surface area contributed by atoms with Crippen molar-refractivity contribution in [3.63, 3.8) is 0 Å². The molecule has 0 saturated carbocycles. The van der Waals surface area contributed by atoms with Crippen molar-refractivity contribution < 1.29 is 8.78 Å². The first-order valence-corrected chi connectivity index (χ1v) is 10.5. The van der Waals surface area contributed by atoms with E-state index >= 15 is 0 Å². The second-order valence-corrected chi connectivity index (χ2v) is 8.50. The Labute approximate surface area is 188 Å². The van der Waals surface area contributed by atoms with E-state index in [-0.39, 0.29) is 22.8 Å². The minimum absolute atomic E-state index is 0.00422. The van der Waals surface area contributed by atoms with Gasteiger partial charge in [-0.1, -0.05) is 11.6 Å². The number of nitriles is 1. The molecule has 166 valence electrons. The summed E-state index contributed by atoms with van der Waals surface area (Å²) >= 11 is 6.13. The maximum atomic E-state index is 13.7. The third-order valence-corrected chi connectivity index (χ3v) is 6.25. The van der Waals surface area contributed by atoms with Gasteiger partial charge >= 0.3 is 5.69 Å². The molecule has 0 radical (unpaired) electrons. The van der Waals surface area contributed by atoms with Crippen LogP contribution in [0.5, 0.6) is 0 Å². The van der Waals surface area contributed by atoms with Gasteiger partial charge in [-0.3, -0.25) is 9.47 Å². The average Bonchev–Trinajstić information content (AvgIpc) is 2.76. The van der Waals surface area contributed by atoms with Crippen molar-refractivity contribution in [3.05, 3.63) is 62.7 Å². The standard InChI is InChI=1S/C22H21ClF2N6O/c1-12-10-31(13(2)9-30(12)11-14-6-17(24)18(25)7-16(14)23)21-20-19(29(3)22(32)28-21)5-4-15(8-26)27-20/h4-7,12-13H,9-11H2,1-3H3/t12-,13+/m1/s1. The molecule has 0 spiro atoms. The first kappa shape index (κ1) is 22.1. The molecule has 0 amide bonds. The van der Waals surface area contributed by atoms with Crippen molar-refractivity contribution in [1.29, 1.82) is 5.26 Å². The number of aryl methyl sites for hydroxylation is 1. The lowest BCUT2D eigenvalue weighted by Crippen LogP contribution is -2.56. The van der Waals surface area contributed by atoms with E-state index in [4.69, 9.17) is 11.6 Å². The van der Waals surface area contributed by atoms with Crippen molar-refractivity contribution in [2.24, 2.45) is 7.05 Å². The van der Waals surface area contributed by atoms with Crippen LogP contribution in [0.4, 0.5) is 14.6 Å². The number of pyridine rings is 1. The number of benzene rings is 1. The summed E-state index contributed by atoms with van der Waals surface area (Å²) in [6, 6.07) is 7.35. The molecule has 0 bridgehead atoms. The van der Waals surface area contributed by atoms with Crippen molar-refractivity contribution in [2.75, 3.05) is 18.0 Å². The molecule has 1 fully saturated rings. The predicted molar refractivity (Wildman–Crippen MR) is 118 cm³/mol. The molecule has 3 aromatic rings. The maximum absolute atomic E-state index is 13.7. The maximum Gasteiger partial charge on any atom is 0.349 e. The fraction of sp³-hybridized carbons (Fsp3) is 0.364. The largest absolute Gasteiger partial charge is 0.349 e. The number of nitrogens with zero attached hydrogens (tertiary/aromatic N) is 6. The lowest BCUT2D eigenvalue weighted by molar-refractivity contribution is 0.157. The van der Waals surface area contributed by atoms with Gasteiger partial charge in [-0.2, -0.15) is 10.2 Å². The van der Waals surface area contributed by atoms with E-state index in [1.165, 1.54) is 4.57 Å². The molecule has 0 unspecified atom stereocenters. The van der Waals surface area contributed by atoms with Gasteiger partial charge < -0.3 is 4.90 Å². The highest BCUT2D eigenvalue weighted by Gasteiger charge is 2.32. The molecule has 10 heteroatoms. The Bertz CT molecular complexity index is 1300. The highest BCUT2D eigenvalue weighted by molar-refractivity contribution is 6.31. The molecule has 32 heavy (non-hydrogen) atoms. The lowest BCUT2D eigenvalue weighted by atomic mass is 10.1. The van der Waals surface area contributed by atoms with Crippen LogP contribution in [0.2, 0.25) is 5.02 Å². The first-order valence-electron chi connectivity index (χ1n) is 10.1. The van der Waals surface area contributed by atoms with Crippen LogP contribution in [-0.4, -0.2) is 44.6 Å². The minimum Gasteiger partial charge on any atom is -0.349 e. The number of aromatic nitrogens is 3. The molecule has 1 aliphatic heterocycles. The molecule has 1 saturated heterocycles. The van der Waals surface area contributed by atoms with Gasteiger partial charge in [-0.15, -0.1) is 0 Å². The molecule has 7 nitrogen and oxygen atoms in total. The minimum atomic E-state index is -0.974. The molecule has 2 aromatic heterocycles. The van der Waals surface area contributed by atoms with Gasteiger partial charge in [0.1, 0.15) is 17.3 Å². The highest BCUT2D eigenvalue weighted by Crippen LogP contribution is 2.29. The van der Waals surface area contributed by atoms with Crippen molar-refractivity contribution in [2.45, 2.75) is 32.5 Å². The molecule has 0 N–H and O–H groups in total. The Hall–Kier alpha value is -3.09. The van der Waals surface area contributed by atoms with Crippen LogP contribution in [0.15, 0.2) is 29.1 Å². The van der Waals surface area contributed by atoms with Crippen LogP contribution in [0, 0.1) is 23.0 Å². The number of anilines is 1. The number of rotatable bonds is 3. The molecular formula is C22H21ClF2N6O. The van der Waals surface area contributed by atoms with Crippen LogP contribution in [0.3, 0.4) is 0 Å². The van der Waals surface area contributed by atoms with Crippen LogP contribution in [0.1, 0.15) is 25.1 Å². The highest BCUT2D eigenvalue weighted by atomic mass is 35.5. The first-order chi connectivity index (χ1) is 15.2. The second kappa shape index (κ2) is 8.45. The summed E-state index contributed by atoms with van der Waals surface area (Å²) in [5, 5.41) is 9.45. The van der Waals surface area contributed by atoms with Gasteiger partial charge in [0.15, 0.2) is 17.5 Å². The number of piperazine rings is 1.